The summed E-state index contributed by atoms with van der Waals surface area (Å²) < 4.78 is 32.4. The van der Waals surface area contributed by atoms with Gasteiger partial charge in [-0.3, -0.25) is 4.79 Å². The van der Waals surface area contributed by atoms with Crippen LogP contribution in [-0.2, 0) is 0 Å². The summed E-state index contributed by atoms with van der Waals surface area (Å²) in [4.78, 5) is 23.3. The molecule has 0 bridgehead atoms. The van der Waals surface area contributed by atoms with Crippen LogP contribution in [-0.4, -0.2) is 22.5 Å². The van der Waals surface area contributed by atoms with E-state index in [1.54, 1.807) is 4.57 Å². The standard InChI is InChI=1S/C14H11F2NO4/c15-6-21-11-4-7(16)3-9-12(11)17(8-1-2-8)5-10(13(9)18)14(19)20/h3-5,8H,1-2,6H2,(H,19,20). The van der Waals surface area contributed by atoms with Crippen LogP contribution in [0.2, 0.25) is 0 Å². The molecule has 0 unspecified atom stereocenters. The predicted octanol–water partition coefficient (Wildman–Crippen LogP) is 2.48. The molecule has 1 heterocycles. The van der Waals surface area contributed by atoms with Gasteiger partial charge < -0.3 is 14.4 Å². The Labute approximate surface area is 117 Å². The van der Waals surface area contributed by atoms with Crippen molar-refractivity contribution in [2.45, 2.75) is 18.9 Å². The highest BCUT2D eigenvalue weighted by molar-refractivity contribution is 5.94. The van der Waals surface area contributed by atoms with Crippen molar-refractivity contribution in [3.8, 4) is 5.75 Å². The maximum Gasteiger partial charge on any atom is 0.341 e. The molecule has 1 aromatic heterocycles. The van der Waals surface area contributed by atoms with Crippen LogP contribution < -0.4 is 10.2 Å². The Morgan fingerprint density at radius 1 is 1.43 bits per heavy atom. The Kier molecular flexibility index (Phi) is 3.12. The van der Waals surface area contributed by atoms with E-state index in [-0.39, 0.29) is 22.7 Å². The second-order valence-electron chi connectivity index (χ2n) is 4.87. The molecule has 110 valence electrons. The highest BCUT2D eigenvalue weighted by Gasteiger charge is 2.28. The summed E-state index contributed by atoms with van der Waals surface area (Å²) in [5, 5.41) is 8.98. The Bertz CT molecular complexity index is 796. The van der Waals surface area contributed by atoms with Gasteiger partial charge in [-0.05, 0) is 18.9 Å². The number of benzene rings is 1. The van der Waals surface area contributed by atoms with Gasteiger partial charge in [0, 0.05) is 18.3 Å². The summed E-state index contributed by atoms with van der Waals surface area (Å²) in [6.07, 6.45) is 2.83. The van der Waals surface area contributed by atoms with Crippen molar-refractivity contribution in [2.24, 2.45) is 0 Å². The van der Waals surface area contributed by atoms with Gasteiger partial charge in [0.15, 0.2) is 0 Å². The van der Waals surface area contributed by atoms with Gasteiger partial charge >= 0.3 is 5.97 Å². The van der Waals surface area contributed by atoms with Gasteiger partial charge in [-0.1, -0.05) is 0 Å². The van der Waals surface area contributed by atoms with Crippen LogP contribution in [0.5, 0.6) is 5.75 Å². The van der Waals surface area contributed by atoms with Crippen LogP contribution >= 0.6 is 0 Å². The number of alkyl halides is 1. The van der Waals surface area contributed by atoms with Gasteiger partial charge in [-0.2, -0.15) is 0 Å². The zero-order chi connectivity index (χ0) is 15.1. The molecule has 0 radical (unpaired) electrons. The molecular formula is C14H11F2NO4. The molecule has 1 aliphatic rings. The average molecular weight is 295 g/mol. The molecule has 0 aliphatic heterocycles. The van der Waals surface area contributed by atoms with Crippen molar-refractivity contribution in [3.63, 3.8) is 0 Å². The molecule has 2 aromatic rings. The number of carboxylic acid groups (broad SMARTS) is 1. The molecule has 1 aromatic carbocycles. The summed E-state index contributed by atoms with van der Waals surface area (Å²) in [5.41, 5.74) is -1.02. The first-order valence-electron chi connectivity index (χ1n) is 6.33. The maximum absolute atomic E-state index is 13.6. The fourth-order valence-corrected chi connectivity index (χ4v) is 2.38. The van der Waals surface area contributed by atoms with E-state index in [0.717, 1.165) is 25.0 Å². The molecule has 1 aliphatic carbocycles. The number of aromatic nitrogens is 1. The second-order valence-corrected chi connectivity index (χ2v) is 4.87. The molecule has 7 heteroatoms. The molecule has 0 spiro atoms. The molecule has 0 atom stereocenters. The van der Waals surface area contributed by atoms with Gasteiger partial charge in [-0.15, -0.1) is 0 Å². The fraction of sp³-hybridized carbons (Fsp3) is 0.286. The number of nitrogens with zero attached hydrogens (tertiary/aromatic N) is 1. The van der Waals surface area contributed by atoms with E-state index < -0.39 is 29.6 Å². The van der Waals surface area contributed by atoms with Gasteiger partial charge in [0.2, 0.25) is 12.3 Å². The first-order chi connectivity index (χ1) is 10.0. The first kappa shape index (κ1) is 13.5. The maximum atomic E-state index is 13.6. The Hall–Kier alpha value is -2.44. The lowest BCUT2D eigenvalue weighted by molar-refractivity contribution is 0.0694. The molecular weight excluding hydrogens is 284 g/mol. The van der Waals surface area contributed by atoms with Gasteiger partial charge in [0.1, 0.15) is 17.1 Å². The summed E-state index contributed by atoms with van der Waals surface area (Å²) in [6, 6.07) is 1.95. The Morgan fingerprint density at radius 3 is 2.71 bits per heavy atom. The van der Waals surface area contributed by atoms with Gasteiger partial charge in [0.25, 0.3) is 0 Å². The molecule has 21 heavy (non-hydrogen) atoms. The number of pyridine rings is 1. The number of hydrogen-bond acceptors (Lipinski definition) is 3. The van der Waals surface area contributed by atoms with Gasteiger partial charge in [0.05, 0.1) is 10.9 Å². The Morgan fingerprint density at radius 2 is 2.14 bits per heavy atom. The lowest BCUT2D eigenvalue weighted by Crippen LogP contribution is -2.19. The number of carboxylic acids is 1. The van der Waals surface area contributed by atoms with Crippen molar-refractivity contribution in [1.29, 1.82) is 0 Å². The summed E-state index contributed by atoms with van der Waals surface area (Å²) >= 11 is 0. The van der Waals surface area contributed by atoms with Gasteiger partial charge in [-0.25, -0.2) is 13.6 Å². The normalized spacial score (nSPS) is 14.4. The van der Waals surface area contributed by atoms with Crippen molar-refractivity contribution < 1.29 is 23.4 Å². The lowest BCUT2D eigenvalue weighted by atomic mass is 10.1. The highest BCUT2D eigenvalue weighted by Crippen LogP contribution is 2.39. The number of ether oxygens (including phenoxy) is 1. The van der Waals surface area contributed by atoms with E-state index in [1.807, 2.05) is 0 Å². The lowest BCUT2D eigenvalue weighted by Gasteiger charge is -2.14. The number of halogens is 2. The summed E-state index contributed by atoms with van der Waals surface area (Å²) in [5.74, 6) is -2.27. The zero-order valence-corrected chi connectivity index (χ0v) is 10.8. The number of aromatic carboxylic acids is 1. The molecule has 0 amide bonds. The summed E-state index contributed by atoms with van der Waals surface area (Å²) in [6.45, 7) is -1.17. The van der Waals surface area contributed by atoms with Crippen LogP contribution in [0, 0.1) is 5.82 Å². The third-order valence-corrected chi connectivity index (χ3v) is 3.44. The molecule has 5 nitrogen and oxygen atoms in total. The fourth-order valence-electron chi connectivity index (χ4n) is 2.38. The van der Waals surface area contributed by atoms with Crippen molar-refractivity contribution in [2.75, 3.05) is 6.86 Å². The van der Waals surface area contributed by atoms with Crippen LogP contribution in [0.15, 0.2) is 23.1 Å². The number of carbonyl (C=O) groups is 1. The first-order valence-corrected chi connectivity index (χ1v) is 6.33. The van der Waals surface area contributed by atoms with Crippen LogP contribution in [0.25, 0.3) is 10.9 Å². The minimum Gasteiger partial charge on any atom is -0.477 e. The topological polar surface area (TPSA) is 68.5 Å². The third-order valence-electron chi connectivity index (χ3n) is 3.44. The largest absolute Gasteiger partial charge is 0.477 e. The second kappa shape index (κ2) is 4.83. The summed E-state index contributed by atoms with van der Waals surface area (Å²) in [7, 11) is 0. The quantitative estimate of drug-likeness (QED) is 0.941. The van der Waals surface area contributed by atoms with Crippen molar-refractivity contribution in [3.05, 3.63) is 39.9 Å². The SMILES string of the molecule is O=C(O)c1cn(C2CC2)c2c(OCF)cc(F)cc2c1=O. The van der Waals surface area contributed by atoms with Crippen LogP contribution in [0.1, 0.15) is 29.2 Å². The van der Waals surface area contributed by atoms with E-state index in [1.165, 1.54) is 6.20 Å². The predicted molar refractivity (Wildman–Crippen MR) is 70.0 cm³/mol. The number of rotatable bonds is 4. The minimum atomic E-state index is -1.38. The van der Waals surface area contributed by atoms with E-state index in [9.17, 15) is 18.4 Å². The monoisotopic (exact) mass is 295 g/mol. The molecule has 1 fully saturated rings. The third kappa shape index (κ3) is 2.24. The zero-order valence-electron chi connectivity index (χ0n) is 10.8. The number of fused-ring (bicyclic) bond motifs is 1. The molecule has 0 saturated heterocycles. The van der Waals surface area contributed by atoms with Crippen molar-refractivity contribution >= 4 is 16.9 Å². The van der Waals surface area contributed by atoms with Crippen molar-refractivity contribution in [1.82, 2.24) is 4.57 Å². The smallest absolute Gasteiger partial charge is 0.341 e. The number of hydrogen-bond donors (Lipinski definition) is 1. The van der Waals surface area contributed by atoms with Crippen LogP contribution in [0.4, 0.5) is 8.78 Å². The highest BCUT2D eigenvalue weighted by atomic mass is 19.1. The Balaban J connectivity index is 2.43. The van der Waals surface area contributed by atoms with Crippen LogP contribution in [0.3, 0.4) is 0 Å². The van der Waals surface area contributed by atoms with E-state index in [4.69, 9.17) is 9.84 Å². The molecule has 3 rings (SSSR count). The van der Waals surface area contributed by atoms with E-state index in [2.05, 4.69) is 0 Å². The van der Waals surface area contributed by atoms with E-state index in [0.29, 0.717) is 0 Å². The average Bonchev–Trinajstić information content (AvgIpc) is 3.24. The molecule has 1 saturated carbocycles. The molecule has 1 N–H and O–H groups in total. The van der Waals surface area contributed by atoms with E-state index >= 15 is 0 Å². The minimum absolute atomic E-state index is 0.0126.